The van der Waals surface area contributed by atoms with E-state index >= 15 is 0 Å². The van der Waals surface area contributed by atoms with E-state index in [-0.39, 0.29) is 17.3 Å². The SMILES string of the molecule is C[C@@]12CC[C@H]3c4ccc(O)cc4C[C@H](CCCCCCCCCS(=O)CCCC(F)(F)C(F)(F)F)[C@@H]3[C@H]1CC[C@H]2O. The first-order chi connectivity index (χ1) is 19.3. The van der Waals surface area contributed by atoms with Crippen molar-refractivity contribution >= 4 is 10.8 Å². The van der Waals surface area contributed by atoms with Crippen molar-refractivity contribution in [3.63, 3.8) is 0 Å². The van der Waals surface area contributed by atoms with Gasteiger partial charge in [-0.1, -0.05) is 51.5 Å². The molecule has 2 saturated carbocycles. The Hall–Kier alpha value is -1.22. The van der Waals surface area contributed by atoms with Gasteiger partial charge in [0.25, 0.3) is 0 Å². The van der Waals surface area contributed by atoms with Crippen molar-refractivity contribution in [1.29, 1.82) is 0 Å². The number of hydrogen-bond acceptors (Lipinski definition) is 3. The summed E-state index contributed by atoms with van der Waals surface area (Å²) in [6.45, 7) is 2.30. The van der Waals surface area contributed by atoms with Crippen molar-refractivity contribution in [3.05, 3.63) is 29.3 Å². The van der Waals surface area contributed by atoms with E-state index in [1.165, 1.54) is 11.1 Å². The minimum absolute atomic E-state index is 0.0195. The molecule has 1 aromatic carbocycles. The summed E-state index contributed by atoms with van der Waals surface area (Å²) >= 11 is 0. The Bertz CT molecular complexity index is 1030. The number of phenolic OH excluding ortho intramolecular Hbond substituents is 1. The lowest BCUT2D eigenvalue weighted by molar-refractivity contribution is -0.284. The molecule has 7 atom stereocenters. The number of aromatic hydroxyl groups is 1. The van der Waals surface area contributed by atoms with Crippen LogP contribution in [0.25, 0.3) is 0 Å². The molecule has 3 nitrogen and oxygen atoms in total. The third kappa shape index (κ3) is 7.66. The van der Waals surface area contributed by atoms with Crippen molar-refractivity contribution in [2.24, 2.45) is 23.2 Å². The van der Waals surface area contributed by atoms with Gasteiger partial charge in [-0.25, -0.2) is 0 Å². The summed E-state index contributed by atoms with van der Waals surface area (Å²) in [6, 6.07) is 5.92. The first-order valence-electron chi connectivity index (χ1n) is 15.6. The van der Waals surface area contributed by atoms with Gasteiger partial charge in [0, 0.05) is 28.7 Å². The molecule has 0 aromatic heterocycles. The largest absolute Gasteiger partial charge is 0.508 e. The van der Waals surface area contributed by atoms with Crippen molar-refractivity contribution < 1.29 is 36.4 Å². The fraction of sp³-hybridized carbons (Fsp3) is 0.812. The molecule has 0 amide bonds. The molecule has 41 heavy (non-hydrogen) atoms. The molecule has 0 spiro atoms. The van der Waals surface area contributed by atoms with E-state index in [0.717, 1.165) is 77.0 Å². The van der Waals surface area contributed by atoms with E-state index in [1.807, 2.05) is 12.1 Å². The van der Waals surface area contributed by atoms with Gasteiger partial charge in [0.2, 0.25) is 0 Å². The van der Waals surface area contributed by atoms with E-state index < -0.39 is 35.7 Å². The topological polar surface area (TPSA) is 57.5 Å². The number of benzene rings is 1. The normalized spacial score (nSPS) is 30.5. The Morgan fingerprint density at radius 2 is 1.59 bits per heavy atom. The molecular weight excluding hydrogens is 559 g/mol. The molecule has 234 valence electrons. The summed E-state index contributed by atoms with van der Waals surface area (Å²) < 4.78 is 74.5. The molecule has 0 saturated heterocycles. The Kier molecular flexibility index (Phi) is 10.8. The molecule has 3 aliphatic carbocycles. The zero-order chi connectivity index (χ0) is 29.8. The van der Waals surface area contributed by atoms with Crippen molar-refractivity contribution in [3.8, 4) is 5.75 Å². The van der Waals surface area contributed by atoms with Crippen molar-refractivity contribution in [2.75, 3.05) is 11.5 Å². The molecular formula is C32H47F5O3S. The second-order valence-corrected chi connectivity index (χ2v) is 14.9. The van der Waals surface area contributed by atoms with E-state index in [4.69, 9.17) is 0 Å². The average molecular weight is 607 g/mol. The maximum absolute atomic E-state index is 13.0. The fourth-order valence-corrected chi connectivity index (χ4v) is 9.48. The maximum Gasteiger partial charge on any atom is 0.453 e. The molecule has 9 heteroatoms. The standard InChI is InChI=1S/C32H47F5O3S/c1-30-17-15-26-25-12-11-24(38)21-23(25)20-22(29(26)27(30)13-14-28(30)39)10-7-5-3-2-4-6-8-18-41(40)19-9-16-31(33,34)32(35,36)37/h11-12,21-22,26-29,38-39H,2-10,13-20H2,1H3/t22-,26-,27+,28+,29-,30+,41?/m0/s1. The Labute approximate surface area is 244 Å². The van der Waals surface area contributed by atoms with Crippen LogP contribution in [-0.2, 0) is 17.2 Å². The van der Waals surface area contributed by atoms with Crippen LogP contribution in [0.3, 0.4) is 0 Å². The van der Waals surface area contributed by atoms with Crippen LogP contribution in [-0.4, -0.2) is 44.1 Å². The average Bonchev–Trinajstić information content (AvgIpc) is 3.20. The first kappa shape index (κ1) is 32.7. The number of halogens is 5. The quantitative estimate of drug-likeness (QED) is 0.165. The number of aliphatic hydroxyl groups excluding tert-OH is 1. The number of phenols is 1. The van der Waals surface area contributed by atoms with Crippen molar-refractivity contribution in [1.82, 2.24) is 0 Å². The highest BCUT2D eigenvalue weighted by atomic mass is 32.2. The van der Waals surface area contributed by atoms with Gasteiger partial charge < -0.3 is 10.2 Å². The van der Waals surface area contributed by atoms with Crippen LogP contribution < -0.4 is 0 Å². The molecule has 3 aliphatic rings. The van der Waals surface area contributed by atoms with Crippen LogP contribution in [0.1, 0.15) is 114 Å². The van der Waals surface area contributed by atoms with Gasteiger partial charge in [0.15, 0.2) is 0 Å². The van der Waals surface area contributed by atoms with E-state index in [2.05, 4.69) is 13.0 Å². The molecule has 0 aliphatic heterocycles. The molecule has 4 rings (SSSR count). The number of rotatable bonds is 14. The number of alkyl halides is 5. The number of unbranched alkanes of at least 4 members (excludes halogenated alkanes) is 6. The summed E-state index contributed by atoms with van der Waals surface area (Å²) in [5.41, 5.74) is 2.73. The third-order valence-corrected chi connectivity index (χ3v) is 12.0. The van der Waals surface area contributed by atoms with Gasteiger partial charge in [0.1, 0.15) is 5.75 Å². The van der Waals surface area contributed by atoms with Crippen LogP contribution in [0, 0.1) is 23.2 Å². The fourth-order valence-electron chi connectivity index (χ4n) is 8.28. The Morgan fingerprint density at radius 3 is 2.29 bits per heavy atom. The summed E-state index contributed by atoms with van der Waals surface area (Å²) in [7, 11) is -1.35. The summed E-state index contributed by atoms with van der Waals surface area (Å²) in [4.78, 5) is 0. The maximum atomic E-state index is 13.0. The monoisotopic (exact) mass is 606 g/mol. The molecule has 1 aromatic rings. The predicted octanol–water partition coefficient (Wildman–Crippen LogP) is 8.68. The molecule has 0 heterocycles. The number of fused-ring (bicyclic) bond motifs is 5. The van der Waals surface area contributed by atoms with E-state index in [9.17, 15) is 36.4 Å². The third-order valence-electron chi connectivity index (χ3n) is 10.6. The van der Waals surface area contributed by atoms with Gasteiger partial charge in [-0.15, -0.1) is 0 Å². The predicted molar refractivity (Wildman–Crippen MR) is 153 cm³/mol. The first-order valence-corrected chi connectivity index (χ1v) is 17.1. The molecule has 2 fully saturated rings. The van der Waals surface area contributed by atoms with Gasteiger partial charge >= 0.3 is 12.1 Å². The molecule has 0 radical (unpaired) electrons. The van der Waals surface area contributed by atoms with Crippen LogP contribution in [0.4, 0.5) is 22.0 Å². The van der Waals surface area contributed by atoms with Gasteiger partial charge in [-0.2, -0.15) is 22.0 Å². The van der Waals surface area contributed by atoms with Crippen LogP contribution in [0.2, 0.25) is 0 Å². The lowest BCUT2D eigenvalue weighted by Gasteiger charge is -2.53. The second-order valence-electron chi connectivity index (χ2n) is 13.2. The summed E-state index contributed by atoms with van der Waals surface area (Å²) in [5, 5.41) is 21.0. The Morgan fingerprint density at radius 1 is 0.927 bits per heavy atom. The molecule has 0 bridgehead atoms. The van der Waals surface area contributed by atoms with E-state index in [0.29, 0.717) is 41.6 Å². The van der Waals surface area contributed by atoms with Gasteiger partial charge in [-0.3, -0.25) is 4.21 Å². The minimum Gasteiger partial charge on any atom is -0.508 e. The Balaban J connectivity index is 1.15. The van der Waals surface area contributed by atoms with Gasteiger partial charge in [-0.05, 0) is 104 Å². The highest BCUT2D eigenvalue weighted by molar-refractivity contribution is 7.84. The van der Waals surface area contributed by atoms with Crippen LogP contribution in [0.15, 0.2) is 18.2 Å². The lowest BCUT2D eigenvalue weighted by atomic mass is 9.52. The second kappa shape index (κ2) is 13.6. The zero-order valence-corrected chi connectivity index (χ0v) is 25.1. The molecule has 1 unspecified atom stereocenters. The van der Waals surface area contributed by atoms with Crippen LogP contribution in [0.5, 0.6) is 5.75 Å². The number of aliphatic hydroxyl groups is 1. The van der Waals surface area contributed by atoms with E-state index in [1.54, 1.807) is 0 Å². The molecule has 2 N–H and O–H groups in total. The lowest BCUT2D eigenvalue weighted by Crippen LogP contribution is -2.47. The highest BCUT2D eigenvalue weighted by Gasteiger charge is 2.57. The number of hydrogen-bond donors (Lipinski definition) is 2. The summed E-state index contributed by atoms with van der Waals surface area (Å²) in [6.07, 6.45) is 5.97. The summed E-state index contributed by atoms with van der Waals surface area (Å²) in [5.74, 6) is -1.91. The van der Waals surface area contributed by atoms with Crippen LogP contribution >= 0.6 is 0 Å². The smallest absolute Gasteiger partial charge is 0.453 e. The van der Waals surface area contributed by atoms with Crippen molar-refractivity contribution in [2.45, 2.75) is 127 Å². The minimum atomic E-state index is -5.54. The zero-order valence-electron chi connectivity index (χ0n) is 24.2. The highest BCUT2D eigenvalue weighted by Crippen LogP contribution is 2.62. The van der Waals surface area contributed by atoms with Gasteiger partial charge in [0.05, 0.1) is 6.10 Å².